The van der Waals surface area contributed by atoms with Gasteiger partial charge in [-0.15, -0.1) is 0 Å². The van der Waals surface area contributed by atoms with Gasteiger partial charge in [0.2, 0.25) is 0 Å². The van der Waals surface area contributed by atoms with E-state index in [2.05, 4.69) is 15.9 Å². The van der Waals surface area contributed by atoms with Crippen LogP contribution in [0.2, 0.25) is 0 Å². The van der Waals surface area contributed by atoms with Crippen molar-refractivity contribution in [2.75, 3.05) is 11.9 Å². The van der Waals surface area contributed by atoms with Crippen LogP contribution in [0.3, 0.4) is 0 Å². The van der Waals surface area contributed by atoms with E-state index in [0.29, 0.717) is 0 Å². The minimum atomic E-state index is -0.446. The third kappa shape index (κ3) is 1.59. The molecule has 0 amide bonds. The van der Waals surface area contributed by atoms with E-state index in [0.717, 1.165) is 5.33 Å². The van der Waals surface area contributed by atoms with Gasteiger partial charge < -0.3 is 9.84 Å². The SMILES string of the molecule is C[C@@]1(CO)C=C[C@@H](CBr)O1. The van der Waals surface area contributed by atoms with Crippen molar-refractivity contribution in [1.82, 2.24) is 0 Å². The minimum Gasteiger partial charge on any atom is -0.393 e. The van der Waals surface area contributed by atoms with Crippen molar-refractivity contribution in [2.45, 2.75) is 18.6 Å². The Balaban J connectivity index is 2.51. The molecule has 0 aliphatic carbocycles. The highest BCUT2D eigenvalue weighted by Crippen LogP contribution is 2.22. The molecule has 2 nitrogen and oxygen atoms in total. The molecule has 0 saturated carbocycles. The van der Waals surface area contributed by atoms with Crippen LogP contribution < -0.4 is 0 Å². The molecule has 10 heavy (non-hydrogen) atoms. The average molecular weight is 207 g/mol. The Morgan fingerprint density at radius 1 is 1.80 bits per heavy atom. The third-order valence-corrected chi connectivity index (χ3v) is 2.19. The predicted octanol–water partition coefficient (Wildman–Crippen LogP) is 1.09. The Morgan fingerprint density at radius 3 is 2.80 bits per heavy atom. The molecule has 1 rings (SSSR count). The molecule has 0 bridgehead atoms. The first-order chi connectivity index (χ1) is 4.70. The summed E-state index contributed by atoms with van der Waals surface area (Å²) in [5, 5.41) is 9.64. The van der Waals surface area contributed by atoms with Gasteiger partial charge in [-0.3, -0.25) is 0 Å². The summed E-state index contributed by atoms with van der Waals surface area (Å²) in [4.78, 5) is 0. The van der Waals surface area contributed by atoms with Gasteiger partial charge in [0.1, 0.15) is 5.60 Å². The molecule has 0 radical (unpaired) electrons. The van der Waals surface area contributed by atoms with Crippen LogP contribution in [0.25, 0.3) is 0 Å². The van der Waals surface area contributed by atoms with Gasteiger partial charge in [-0.25, -0.2) is 0 Å². The number of hydrogen-bond donors (Lipinski definition) is 1. The molecule has 0 spiro atoms. The number of ether oxygens (including phenoxy) is 1. The molecule has 0 aromatic heterocycles. The Bertz CT molecular complexity index is 147. The molecular formula is C7H11BrO2. The van der Waals surface area contributed by atoms with Gasteiger partial charge in [0.25, 0.3) is 0 Å². The molecule has 1 heterocycles. The van der Waals surface area contributed by atoms with Crippen LogP contribution in [0.1, 0.15) is 6.92 Å². The van der Waals surface area contributed by atoms with Crippen molar-refractivity contribution in [3.8, 4) is 0 Å². The van der Waals surface area contributed by atoms with Crippen molar-refractivity contribution >= 4 is 15.9 Å². The molecule has 1 N–H and O–H groups in total. The minimum absolute atomic E-state index is 0.0486. The quantitative estimate of drug-likeness (QED) is 0.542. The van der Waals surface area contributed by atoms with Crippen LogP contribution in [0.4, 0.5) is 0 Å². The number of halogens is 1. The topological polar surface area (TPSA) is 29.5 Å². The van der Waals surface area contributed by atoms with Gasteiger partial charge in [-0.05, 0) is 6.92 Å². The molecule has 0 aromatic rings. The van der Waals surface area contributed by atoms with E-state index >= 15 is 0 Å². The fraction of sp³-hybridized carbons (Fsp3) is 0.714. The van der Waals surface area contributed by atoms with Crippen molar-refractivity contribution in [3.63, 3.8) is 0 Å². The van der Waals surface area contributed by atoms with Gasteiger partial charge in [0.15, 0.2) is 0 Å². The van der Waals surface area contributed by atoms with Gasteiger partial charge >= 0.3 is 0 Å². The predicted molar refractivity (Wildman–Crippen MR) is 43.3 cm³/mol. The maximum atomic E-state index is 8.85. The summed E-state index contributed by atoms with van der Waals surface area (Å²) in [7, 11) is 0. The van der Waals surface area contributed by atoms with E-state index in [1.54, 1.807) is 0 Å². The second-order valence-electron chi connectivity index (χ2n) is 2.64. The van der Waals surface area contributed by atoms with Gasteiger partial charge in [0, 0.05) is 5.33 Å². The molecule has 0 unspecified atom stereocenters. The van der Waals surface area contributed by atoms with Gasteiger partial charge in [0.05, 0.1) is 12.7 Å². The van der Waals surface area contributed by atoms with E-state index < -0.39 is 5.60 Å². The smallest absolute Gasteiger partial charge is 0.107 e. The lowest BCUT2D eigenvalue weighted by atomic mass is 10.1. The number of hydrogen-bond acceptors (Lipinski definition) is 2. The third-order valence-electron chi connectivity index (χ3n) is 1.55. The van der Waals surface area contributed by atoms with Crippen LogP contribution in [-0.2, 0) is 4.74 Å². The van der Waals surface area contributed by atoms with Crippen LogP contribution in [0, 0.1) is 0 Å². The number of rotatable bonds is 2. The maximum absolute atomic E-state index is 8.85. The number of aliphatic hydroxyl groups excluding tert-OH is 1. The summed E-state index contributed by atoms with van der Waals surface area (Å²) in [5.41, 5.74) is -0.446. The van der Waals surface area contributed by atoms with Crippen molar-refractivity contribution in [2.24, 2.45) is 0 Å². The fourth-order valence-electron chi connectivity index (χ4n) is 0.908. The van der Waals surface area contributed by atoms with Crippen LogP contribution in [0.15, 0.2) is 12.2 Å². The summed E-state index contributed by atoms with van der Waals surface area (Å²) >= 11 is 3.30. The van der Waals surface area contributed by atoms with Crippen LogP contribution in [-0.4, -0.2) is 28.7 Å². The first-order valence-electron chi connectivity index (χ1n) is 3.24. The molecule has 58 valence electrons. The van der Waals surface area contributed by atoms with Gasteiger partial charge in [-0.1, -0.05) is 28.1 Å². The molecule has 0 aromatic carbocycles. The lowest BCUT2D eigenvalue weighted by Crippen LogP contribution is -2.30. The molecule has 1 aliphatic rings. The molecule has 3 heteroatoms. The average Bonchev–Trinajstić information content (AvgIpc) is 2.33. The lowest BCUT2D eigenvalue weighted by molar-refractivity contribution is -0.0356. The summed E-state index contributed by atoms with van der Waals surface area (Å²) in [5.74, 6) is 0. The zero-order chi connectivity index (χ0) is 7.61. The second kappa shape index (κ2) is 3.03. The highest BCUT2D eigenvalue weighted by atomic mass is 79.9. The monoisotopic (exact) mass is 206 g/mol. The molecular weight excluding hydrogens is 196 g/mol. The summed E-state index contributed by atoms with van der Waals surface area (Å²) in [6.07, 6.45) is 3.99. The van der Waals surface area contributed by atoms with Gasteiger partial charge in [-0.2, -0.15) is 0 Å². The van der Waals surface area contributed by atoms with Crippen molar-refractivity contribution < 1.29 is 9.84 Å². The zero-order valence-electron chi connectivity index (χ0n) is 5.88. The number of aliphatic hydroxyl groups is 1. The zero-order valence-corrected chi connectivity index (χ0v) is 7.47. The first-order valence-corrected chi connectivity index (χ1v) is 4.36. The Morgan fingerprint density at radius 2 is 2.50 bits per heavy atom. The molecule has 1 aliphatic heterocycles. The Hall–Kier alpha value is 0.140. The lowest BCUT2D eigenvalue weighted by Gasteiger charge is -2.20. The Kier molecular flexibility index (Phi) is 2.50. The maximum Gasteiger partial charge on any atom is 0.107 e. The highest BCUT2D eigenvalue weighted by Gasteiger charge is 2.28. The number of alkyl halides is 1. The van der Waals surface area contributed by atoms with E-state index in [4.69, 9.17) is 9.84 Å². The fourth-order valence-corrected chi connectivity index (χ4v) is 1.26. The van der Waals surface area contributed by atoms with Crippen molar-refractivity contribution in [3.05, 3.63) is 12.2 Å². The molecule has 0 saturated heterocycles. The largest absolute Gasteiger partial charge is 0.393 e. The summed E-state index contributed by atoms with van der Waals surface area (Å²) < 4.78 is 5.44. The Labute approximate surface area is 69.0 Å². The molecule has 2 atom stereocenters. The van der Waals surface area contributed by atoms with E-state index in [1.165, 1.54) is 0 Å². The summed E-state index contributed by atoms with van der Waals surface area (Å²) in [6.45, 7) is 1.92. The normalized spacial score (nSPS) is 38.9. The second-order valence-corrected chi connectivity index (χ2v) is 3.29. The first kappa shape index (κ1) is 8.24. The molecule has 0 fully saturated rings. The highest BCUT2D eigenvalue weighted by molar-refractivity contribution is 9.09. The van der Waals surface area contributed by atoms with Crippen LogP contribution >= 0.6 is 15.9 Å². The van der Waals surface area contributed by atoms with E-state index in [9.17, 15) is 0 Å². The van der Waals surface area contributed by atoms with E-state index in [1.807, 2.05) is 19.1 Å². The standard InChI is InChI=1S/C7H11BrO2/c1-7(5-9)3-2-6(4-8)10-7/h2-3,6,9H,4-5H2,1H3/t6-,7-/m0/s1. The van der Waals surface area contributed by atoms with E-state index in [-0.39, 0.29) is 12.7 Å². The van der Waals surface area contributed by atoms with Crippen molar-refractivity contribution in [1.29, 1.82) is 0 Å². The summed E-state index contributed by atoms with van der Waals surface area (Å²) in [6, 6.07) is 0. The van der Waals surface area contributed by atoms with Crippen LogP contribution in [0.5, 0.6) is 0 Å².